The quantitative estimate of drug-likeness (QED) is 0.569. The number of rotatable bonds is 6. The van der Waals surface area contributed by atoms with E-state index in [9.17, 15) is 9.59 Å². The van der Waals surface area contributed by atoms with E-state index in [1.54, 1.807) is 6.20 Å². The van der Waals surface area contributed by atoms with E-state index in [4.69, 9.17) is 4.74 Å². The number of aromatic nitrogens is 1. The van der Waals surface area contributed by atoms with Gasteiger partial charge < -0.3 is 10.1 Å². The van der Waals surface area contributed by atoms with Crippen LogP contribution in [0, 0.1) is 23.2 Å². The summed E-state index contributed by atoms with van der Waals surface area (Å²) in [4.78, 5) is 29.0. The van der Waals surface area contributed by atoms with Crippen molar-refractivity contribution < 1.29 is 14.3 Å². The predicted molar refractivity (Wildman–Crippen MR) is 115 cm³/mol. The van der Waals surface area contributed by atoms with Crippen molar-refractivity contribution in [3.63, 3.8) is 0 Å². The van der Waals surface area contributed by atoms with E-state index in [0.717, 1.165) is 36.8 Å². The van der Waals surface area contributed by atoms with Gasteiger partial charge in [-0.3, -0.25) is 9.78 Å². The van der Waals surface area contributed by atoms with Crippen LogP contribution in [0.2, 0.25) is 0 Å². The van der Waals surface area contributed by atoms with Crippen molar-refractivity contribution in [1.29, 1.82) is 0 Å². The minimum atomic E-state index is -0.228. The zero-order valence-electron chi connectivity index (χ0n) is 18.0. The van der Waals surface area contributed by atoms with Gasteiger partial charge in [-0.2, -0.15) is 0 Å². The zero-order chi connectivity index (χ0) is 21.3. The molecule has 0 bridgehead atoms. The Morgan fingerprint density at radius 1 is 1.37 bits per heavy atom. The number of carbonyl (C=O) groups excluding carboxylic acids is 2. The van der Waals surface area contributed by atoms with Gasteiger partial charge in [-0.15, -0.1) is 0 Å². The van der Waals surface area contributed by atoms with Crippen LogP contribution in [0.3, 0.4) is 0 Å². The van der Waals surface area contributed by atoms with Gasteiger partial charge in [-0.1, -0.05) is 32.1 Å². The third-order valence-electron chi connectivity index (χ3n) is 7.81. The normalized spacial score (nSPS) is 32.4. The maximum Gasteiger partial charge on any atom is 0.335 e. The van der Waals surface area contributed by atoms with Gasteiger partial charge in [0.15, 0.2) is 0 Å². The van der Waals surface area contributed by atoms with Crippen LogP contribution in [0.25, 0.3) is 0 Å². The number of allylic oxidation sites excluding steroid dienone is 1. The average Bonchev–Trinajstić information content (AvgIpc) is 3.17. The zero-order valence-corrected chi connectivity index (χ0v) is 18.0. The first-order valence-electron chi connectivity index (χ1n) is 11.1. The fourth-order valence-corrected chi connectivity index (χ4v) is 5.99. The molecule has 0 saturated heterocycles. The minimum Gasteiger partial charge on any atom is -0.458 e. The molecule has 0 spiro atoms. The van der Waals surface area contributed by atoms with E-state index in [-0.39, 0.29) is 29.3 Å². The van der Waals surface area contributed by atoms with Gasteiger partial charge >= 0.3 is 5.97 Å². The Labute approximate surface area is 179 Å². The van der Waals surface area contributed by atoms with Crippen LogP contribution in [0.15, 0.2) is 48.3 Å². The molecule has 1 N–H and O–H groups in total. The van der Waals surface area contributed by atoms with E-state index < -0.39 is 0 Å². The second-order valence-electron chi connectivity index (χ2n) is 9.41. The maximum absolute atomic E-state index is 12.4. The summed E-state index contributed by atoms with van der Waals surface area (Å²) in [5.74, 6) is 0.938. The van der Waals surface area contributed by atoms with Crippen molar-refractivity contribution in [2.75, 3.05) is 6.61 Å². The van der Waals surface area contributed by atoms with E-state index in [0.29, 0.717) is 31.3 Å². The van der Waals surface area contributed by atoms with Crippen LogP contribution < -0.4 is 5.32 Å². The number of fused-ring (bicyclic) bond motifs is 1. The van der Waals surface area contributed by atoms with Crippen molar-refractivity contribution in [2.45, 2.75) is 58.5 Å². The number of nitrogens with one attached hydrogen (secondary N) is 1. The van der Waals surface area contributed by atoms with Gasteiger partial charge in [-0.25, -0.2) is 4.79 Å². The monoisotopic (exact) mass is 408 g/mol. The number of ether oxygens (including phenoxy) is 1. The number of hydrogen-bond acceptors (Lipinski definition) is 5. The first-order valence-corrected chi connectivity index (χ1v) is 11.1. The second kappa shape index (κ2) is 8.46. The molecule has 0 aromatic carbocycles. The molecule has 3 aliphatic rings. The topological polar surface area (TPSA) is 68.3 Å². The van der Waals surface area contributed by atoms with Crippen LogP contribution in [-0.4, -0.2) is 29.4 Å². The molecule has 2 aliphatic carbocycles. The summed E-state index contributed by atoms with van der Waals surface area (Å²) in [6.45, 7) is 9.86. The lowest BCUT2D eigenvalue weighted by atomic mass is 9.50. The first kappa shape index (κ1) is 21.0. The molecule has 1 aliphatic heterocycles. The molecule has 5 heteroatoms. The molecule has 1 aromatic heterocycles. The van der Waals surface area contributed by atoms with Crippen LogP contribution in [0.1, 0.15) is 51.5 Å². The lowest BCUT2D eigenvalue weighted by molar-refractivity contribution is -0.136. The number of Topliss-reactive ketones (excluding diaryl/α,β-unsaturated/α-hetero) is 1. The largest absolute Gasteiger partial charge is 0.458 e. The van der Waals surface area contributed by atoms with Crippen LogP contribution in [0.5, 0.6) is 0 Å². The molecule has 2 saturated carbocycles. The smallest absolute Gasteiger partial charge is 0.335 e. The number of pyridine rings is 1. The van der Waals surface area contributed by atoms with Crippen LogP contribution in [-0.2, 0) is 20.9 Å². The highest BCUT2D eigenvalue weighted by Gasteiger charge is 2.51. The molecule has 160 valence electrons. The average molecular weight is 409 g/mol. The van der Waals surface area contributed by atoms with Crippen LogP contribution in [0.4, 0.5) is 0 Å². The molecular weight excluding hydrogens is 376 g/mol. The molecule has 2 heterocycles. The number of hydrogen-bond donors (Lipinski definition) is 1. The minimum absolute atomic E-state index is 0.0416. The van der Waals surface area contributed by atoms with E-state index in [1.807, 2.05) is 24.4 Å². The van der Waals surface area contributed by atoms with Crippen molar-refractivity contribution in [3.05, 3.63) is 53.9 Å². The van der Waals surface area contributed by atoms with Gasteiger partial charge in [-0.05, 0) is 60.6 Å². The second-order valence-corrected chi connectivity index (χ2v) is 9.41. The molecule has 4 rings (SSSR count). The predicted octanol–water partition coefficient (Wildman–Crippen LogP) is 4.00. The Bertz CT molecular complexity index is 862. The highest BCUT2D eigenvalue weighted by molar-refractivity contribution is 5.91. The number of ketones is 1. The first-order chi connectivity index (χ1) is 14.4. The summed E-state index contributed by atoms with van der Waals surface area (Å²) in [5.41, 5.74) is 3.10. The van der Waals surface area contributed by atoms with Crippen LogP contribution >= 0.6 is 0 Å². The molecule has 1 aromatic rings. The SMILES string of the molecule is C=C1CCC2[C@@H](C)C(=O)CC[C@]2(C)[C@@H]1CC(NCc1cccnc1)C1=CCOC1=O. The Hall–Kier alpha value is -2.27. The highest BCUT2D eigenvalue weighted by Crippen LogP contribution is 2.57. The molecule has 2 fully saturated rings. The van der Waals surface area contributed by atoms with Gasteiger partial charge in [0.1, 0.15) is 12.4 Å². The molecule has 5 nitrogen and oxygen atoms in total. The fraction of sp³-hybridized carbons (Fsp3) is 0.560. The number of esters is 1. The molecule has 5 atom stereocenters. The molecule has 0 amide bonds. The summed E-state index contributed by atoms with van der Waals surface area (Å²) < 4.78 is 5.23. The number of carbonyl (C=O) groups is 2. The standard InChI is InChI=1S/C25H32N2O3/c1-16-6-7-20-17(2)23(28)8-10-25(20,3)21(16)13-22(19-9-12-30-24(19)29)27-15-18-5-4-11-26-14-18/h4-5,9,11,14,17,20-22,27H,1,6-8,10,12-13,15H2,2-3H3/t17-,20?,21-,22?,25+/m1/s1. The van der Waals surface area contributed by atoms with Crippen molar-refractivity contribution in [3.8, 4) is 0 Å². The highest BCUT2D eigenvalue weighted by atomic mass is 16.5. The Balaban J connectivity index is 1.58. The number of nitrogens with zero attached hydrogens (tertiary/aromatic N) is 1. The van der Waals surface area contributed by atoms with Crippen molar-refractivity contribution >= 4 is 11.8 Å². The van der Waals surface area contributed by atoms with Gasteiger partial charge in [0, 0.05) is 37.3 Å². The lowest BCUT2D eigenvalue weighted by Crippen LogP contribution is -2.50. The lowest BCUT2D eigenvalue weighted by Gasteiger charge is -2.54. The molecule has 30 heavy (non-hydrogen) atoms. The summed E-state index contributed by atoms with van der Waals surface area (Å²) >= 11 is 0. The summed E-state index contributed by atoms with van der Waals surface area (Å²) in [6.07, 6.45) is 9.86. The third kappa shape index (κ3) is 3.87. The summed E-state index contributed by atoms with van der Waals surface area (Å²) in [6, 6.07) is 3.85. The Morgan fingerprint density at radius 3 is 2.90 bits per heavy atom. The molecule has 0 radical (unpaired) electrons. The van der Waals surface area contributed by atoms with E-state index in [1.165, 1.54) is 5.57 Å². The van der Waals surface area contributed by atoms with Gasteiger partial charge in [0.2, 0.25) is 0 Å². The summed E-state index contributed by atoms with van der Waals surface area (Å²) in [5, 5.41) is 3.59. The van der Waals surface area contributed by atoms with E-state index in [2.05, 4.69) is 30.7 Å². The summed E-state index contributed by atoms with van der Waals surface area (Å²) in [7, 11) is 0. The number of cyclic esters (lactones) is 1. The van der Waals surface area contributed by atoms with E-state index >= 15 is 0 Å². The Morgan fingerprint density at radius 2 is 2.20 bits per heavy atom. The fourth-order valence-electron chi connectivity index (χ4n) is 5.99. The molecular formula is C25H32N2O3. The van der Waals surface area contributed by atoms with Crippen molar-refractivity contribution in [2.24, 2.45) is 23.2 Å². The van der Waals surface area contributed by atoms with Crippen molar-refractivity contribution in [1.82, 2.24) is 10.3 Å². The molecule has 2 unspecified atom stereocenters. The van der Waals surface area contributed by atoms with Gasteiger partial charge in [0.05, 0.1) is 5.57 Å². The third-order valence-corrected chi connectivity index (χ3v) is 7.81. The van der Waals surface area contributed by atoms with Gasteiger partial charge in [0.25, 0.3) is 0 Å². The Kier molecular flexibility index (Phi) is 5.92. The maximum atomic E-state index is 12.4.